The largest absolute Gasteiger partial charge is 0.341 e. The van der Waals surface area contributed by atoms with Crippen LogP contribution in [0.25, 0.3) is 0 Å². The van der Waals surface area contributed by atoms with Crippen molar-refractivity contribution in [3.8, 4) is 0 Å². The number of aryl methyl sites for hydroxylation is 1. The van der Waals surface area contributed by atoms with Crippen LogP contribution in [0.2, 0.25) is 0 Å². The van der Waals surface area contributed by atoms with Gasteiger partial charge in [0.05, 0.1) is 4.92 Å². The smallest absolute Gasteiger partial charge is 0.282 e. The molecule has 2 N–H and O–H groups in total. The molecule has 21 heavy (non-hydrogen) atoms. The van der Waals surface area contributed by atoms with E-state index in [1.165, 1.54) is 11.0 Å². The minimum absolute atomic E-state index is 0. The molecule has 0 heterocycles. The predicted octanol–water partition coefficient (Wildman–Crippen LogP) is 2.38. The van der Waals surface area contributed by atoms with Crippen LogP contribution in [0.1, 0.15) is 29.8 Å². The van der Waals surface area contributed by atoms with E-state index in [1.807, 2.05) is 13.8 Å². The van der Waals surface area contributed by atoms with E-state index in [0.29, 0.717) is 13.1 Å². The summed E-state index contributed by atoms with van der Waals surface area (Å²) < 4.78 is 0. The first-order chi connectivity index (χ1) is 9.18. The molecule has 1 rings (SSSR count). The number of carbonyl (C=O) groups is 1. The third-order valence-electron chi connectivity index (χ3n) is 3.14. The topological polar surface area (TPSA) is 89.5 Å². The van der Waals surface area contributed by atoms with Gasteiger partial charge in [-0.1, -0.05) is 19.9 Å². The van der Waals surface area contributed by atoms with Crippen LogP contribution in [-0.4, -0.2) is 35.9 Å². The number of halogens is 1. The van der Waals surface area contributed by atoms with Gasteiger partial charge in [-0.05, 0) is 30.5 Å². The SMILES string of the molecule is Cc1ccc([N+](=O)[O-])c(C(=O)N(C)CC(C)(C)CN)c1.Cl. The van der Waals surface area contributed by atoms with Crippen LogP contribution in [0.5, 0.6) is 0 Å². The molecule has 0 unspecified atom stereocenters. The van der Waals surface area contributed by atoms with E-state index in [9.17, 15) is 14.9 Å². The third kappa shape index (κ3) is 4.99. The lowest BCUT2D eigenvalue weighted by Gasteiger charge is -2.29. The summed E-state index contributed by atoms with van der Waals surface area (Å²) in [6.07, 6.45) is 0. The van der Waals surface area contributed by atoms with E-state index in [2.05, 4.69) is 0 Å². The molecule has 1 aromatic rings. The third-order valence-corrected chi connectivity index (χ3v) is 3.14. The zero-order valence-electron chi connectivity index (χ0n) is 12.8. The molecule has 0 aromatic heterocycles. The second kappa shape index (κ2) is 7.38. The van der Waals surface area contributed by atoms with Crippen LogP contribution < -0.4 is 5.73 Å². The van der Waals surface area contributed by atoms with Crippen LogP contribution in [0.4, 0.5) is 5.69 Å². The molecule has 6 nitrogen and oxygen atoms in total. The molecule has 7 heteroatoms. The van der Waals surface area contributed by atoms with E-state index in [0.717, 1.165) is 5.56 Å². The Balaban J connectivity index is 0.00000400. The minimum atomic E-state index is -0.533. The van der Waals surface area contributed by atoms with Gasteiger partial charge >= 0.3 is 0 Å². The number of nitro groups is 1. The van der Waals surface area contributed by atoms with Crippen molar-refractivity contribution in [3.63, 3.8) is 0 Å². The zero-order chi connectivity index (χ0) is 15.5. The second-order valence-corrected chi connectivity index (χ2v) is 5.81. The molecule has 1 aromatic carbocycles. The van der Waals surface area contributed by atoms with E-state index in [-0.39, 0.29) is 35.0 Å². The van der Waals surface area contributed by atoms with E-state index in [4.69, 9.17) is 5.73 Å². The number of hydrogen-bond acceptors (Lipinski definition) is 4. The minimum Gasteiger partial charge on any atom is -0.341 e. The van der Waals surface area contributed by atoms with Gasteiger partial charge < -0.3 is 10.6 Å². The van der Waals surface area contributed by atoms with Gasteiger partial charge in [0.1, 0.15) is 5.56 Å². The number of amides is 1. The van der Waals surface area contributed by atoms with Gasteiger partial charge in [0.15, 0.2) is 0 Å². The Morgan fingerprint density at radius 3 is 2.48 bits per heavy atom. The predicted molar refractivity (Wildman–Crippen MR) is 84.9 cm³/mol. The summed E-state index contributed by atoms with van der Waals surface area (Å²) in [7, 11) is 1.63. The fourth-order valence-electron chi connectivity index (χ4n) is 1.96. The van der Waals surface area contributed by atoms with Gasteiger partial charge in [-0.15, -0.1) is 12.4 Å². The highest BCUT2D eigenvalue weighted by Gasteiger charge is 2.26. The van der Waals surface area contributed by atoms with Gasteiger partial charge in [-0.3, -0.25) is 14.9 Å². The molecule has 0 aliphatic heterocycles. The number of nitro benzene ring substituents is 1. The number of nitrogens with zero attached hydrogens (tertiary/aromatic N) is 2. The number of carbonyl (C=O) groups excluding carboxylic acids is 1. The fraction of sp³-hybridized carbons (Fsp3) is 0.500. The highest BCUT2D eigenvalue weighted by molar-refractivity contribution is 5.98. The lowest BCUT2D eigenvalue weighted by Crippen LogP contribution is -2.40. The summed E-state index contributed by atoms with van der Waals surface area (Å²) in [5, 5.41) is 11.0. The van der Waals surface area contributed by atoms with Crippen LogP contribution in [0.3, 0.4) is 0 Å². The summed E-state index contributed by atoms with van der Waals surface area (Å²) in [4.78, 5) is 24.4. The second-order valence-electron chi connectivity index (χ2n) is 5.81. The van der Waals surface area contributed by atoms with Crippen LogP contribution >= 0.6 is 12.4 Å². The Kier molecular flexibility index (Phi) is 6.79. The average molecular weight is 316 g/mol. The molecule has 0 bridgehead atoms. The van der Waals surface area contributed by atoms with Gasteiger partial charge in [0.2, 0.25) is 0 Å². The number of hydrogen-bond donors (Lipinski definition) is 1. The average Bonchev–Trinajstić information content (AvgIpc) is 2.36. The standard InChI is InChI=1S/C14H21N3O3.ClH/c1-10-5-6-12(17(19)20)11(7-10)13(18)16(4)9-14(2,3)8-15;/h5-7H,8-9,15H2,1-4H3;1H. The fourth-order valence-corrected chi connectivity index (χ4v) is 1.96. The quantitative estimate of drug-likeness (QED) is 0.667. The van der Waals surface area contributed by atoms with Gasteiger partial charge in [-0.2, -0.15) is 0 Å². The molecule has 118 valence electrons. The van der Waals surface area contributed by atoms with E-state index < -0.39 is 4.92 Å². The van der Waals surface area contributed by atoms with Gasteiger partial charge in [0.25, 0.3) is 11.6 Å². The lowest BCUT2D eigenvalue weighted by molar-refractivity contribution is -0.385. The van der Waals surface area contributed by atoms with Gasteiger partial charge in [0, 0.05) is 19.7 Å². The van der Waals surface area contributed by atoms with E-state index in [1.54, 1.807) is 26.1 Å². The monoisotopic (exact) mass is 315 g/mol. The molecule has 0 fully saturated rings. The maximum Gasteiger partial charge on any atom is 0.282 e. The number of nitrogens with two attached hydrogens (primary N) is 1. The van der Waals surface area contributed by atoms with Crippen molar-refractivity contribution in [1.82, 2.24) is 4.90 Å². The van der Waals surface area contributed by atoms with Gasteiger partial charge in [-0.25, -0.2) is 0 Å². The summed E-state index contributed by atoms with van der Waals surface area (Å²) in [5.41, 5.74) is 6.17. The molecule has 0 atom stereocenters. The van der Waals surface area contributed by atoms with Crippen LogP contribution in [0, 0.1) is 22.5 Å². The molecular weight excluding hydrogens is 294 g/mol. The Bertz CT molecular complexity index is 532. The summed E-state index contributed by atoms with van der Waals surface area (Å²) in [6.45, 7) is 6.56. The molecular formula is C14H22ClN3O3. The van der Waals surface area contributed by atoms with Crippen molar-refractivity contribution in [2.75, 3.05) is 20.1 Å². The summed E-state index contributed by atoms with van der Waals surface area (Å²) in [6, 6.07) is 4.54. The molecule has 1 amide bonds. The number of rotatable bonds is 5. The van der Waals surface area contributed by atoms with Crippen LogP contribution in [-0.2, 0) is 0 Å². The van der Waals surface area contributed by atoms with Crippen molar-refractivity contribution >= 4 is 24.0 Å². The van der Waals surface area contributed by atoms with Crippen molar-refractivity contribution < 1.29 is 9.72 Å². The van der Waals surface area contributed by atoms with Crippen molar-refractivity contribution in [2.24, 2.45) is 11.1 Å². The van der Waals surface area contributed by atoms with E-state index >= 15 is 0 Å². The molecule has 0 aliphatic carbocycles. The van der Waals surface area contributed by atoms with Crippen molar-refractivity contribution in [2.45, 2.75) is 20.8 Å². The Hall–Kier alpha value is -1.66. The lowest BCUT2D eigenvalue weighted by atomic mass is 9.93. The maximum atomic E-state index is 12.4. The molecule has 0 aliphatic rings. The number of benzene rings is 1. The summed E-state index contributed by atoms with van der Waals surface area (Å²) in [5.74, 6) is -0.359. The molecule has 0 saturated heterocycles. The molecule has 0 saturated carbocycles. The Morgan fingerprint density at radius 2 is 2.00 bits per heavy atom. The van der Waals surface area contributed by atoms with Crippen molar-refractivity contribution in [3.05, 3.63) is 39.4 Å². The highest BCUT2D eigenvalue weighted by Crippen LogP contribution is 2.23. The normalized spacial score (nSPS) is 10.7. The first-order valence-corrected chi connectivity index (χ1v) is 6.38. The maximum absolute atomic E-state index is 12.4. The first kappa shape index (κ1) is 19.3. The van der Waals surface area contributed by atoms with Crippen molar-refractivity contribution in [1.29, 1.82) is 0 Å². The van der Waals surface area contributed by atoms with Crippen LogP contribution in [0.15, 0.2) is 18.2 Å². The highest BCUT2D eigenvalue weighted by atomic mass is 35.5. The zero-order valence-corrected chi connectivity index (χ0v) is 13.6. The molecule has 0 spiro atoms. The Morgan fingerprint density at radius 1 is 1.43 bits per heavy atom. The summed E-state index contributed by atoms with van der Waals surface area (Å²) >= 11 is 0. The molecule has 0 radical (unpaired) electrons. The Labute approximate surface area is 130 Å². The first-order valence-electron chi connectivity index (χ1n) is 6.38.